The first kappa shape index (κ1) is 13.1. The molecular formula is C13H21NO2. The van der Waals surface area contributed by atoms with E-state index in [2.05, 4.69) is 17.2 Å². The molecule has 0 bridgehead atoms. The highest BCUT2D eigenvalue weighted by Crippen LogP contribution is 2.25. The Kier molecular flexibility index (Phi) is 5.95. The molecule has 3 nitrogen and oxygen atoms in total. The Labute approximate surface area is 97.9 Å². The second kappa shape index (κ2) is 7.29. The van der Waals surface area contributed by atoms with E-state index in [0.717, 1.165) is 32.2 Å². The Hall–Kier alpha value is -1.01. The summed E-state index contributed by atoms with van der Waals surface area (Å²) in [6, 6.07) is 0.420. The summed E-state index contributed by atoms with van der Waals surface area (Å²) in [5.74, 6) is 5.90. The molecule has 2 atom stereocenters. The number of carbonyl (C=O) groups excluding carboxylic acids is 1. The zero-order valence-corrected chi connectivity index (χ0v) is 10.2. The lowest BCUT2D eigenvalue weighted by atomic mass is 9.86. The predicted octanol–water partition coefficient (Wildman–Crippen LogP) is 1.72. The highest BCUT2D eigenvalue weighted by Gasteiger charge is 2.27. The fourth-order valence-corrected chi connectivity index (χ4v) is 2.13. The van der Waals surface area contributed by atoms with Gasteiger partial charge in [0, 0.05) is 6.04 Å². The smallest absolute Gasteiger partial charge is 0.308 e. The topological polar surface area (TPSA) is 38.3 Å². The number of esters is 1. The van der Waals surface area contributed by atoms with Crippen LogP contribution >= 0.6 is 0 Å². The van der Waals surface area contributed by atoms with Crippen LogP contribution in [-0.4, -0.2) is 25.2 Å². The van der Waals surface area contributed by atoms with E-state index in [9.17, 15) is 4.79 Å². The maximum absolute atomic E-state index is 11.6. The maximum Gasteiger partial charge on any atom is 0.308 e. The fraction of sp³-hybridized carbons (Fsp3) is 0.769. The summed E-state index contributed by atoms with van der Waals surface area (Å²) < 4.78 is 5.06. The van der Waals surface area contributed by atoms with Crippen LogP contribution in [0.1, 0.15) is 39.5 Å². The summed E-state index contributed by atoms with van der Waals surface area (Å²) in [5.41, 5.74) is 0. The standard InChI is InChI=1S/C13H21NO2/c1-3-5-9-14-12-8-6-7-11(10-12)13(15)16-4-2/h11-12,14H,4,6-10H2,1-2H3. The number of rotatable bonds is 4. The number of ether oxygens (including phenoxy) is 1. The summed E-state index contributed by atoms with van der Waals surface area (Å²) in [4.78, 5) is 11.6. The highest BCUT2D eigenvalue weighted by molar-refractivity contribution is 5.72. The average Bonchev–Trinajstić information content (AvgIpc) is 2.30. The summed E-state index contributed by atoms with van der Waals surface area (Å²) in [6.07, 6.45) is 4.10. The molecule has 0 spiro atoms. The Bertz CT molecular complexity index is 277. The SMILES string of the molecule is CC#CCNC1CCCC(C(=O)OCC)C1. The van der Waals surface area contributed by atoms with Crippen LogP contribution in [0.2, 0.25) is 0 Å². The van der Waals surface area contributed by atoms with Gasteiger partial charge in [-0.05, 0) is 33.1 Å². The van der Waals surface area contributed by atoms with Crippen LogP contribution in [0.5, 0.6) is 0 Å². The van der Waals surface area contributed by atoms with Crippen molar-refractivity contribution in [3.63, 3.8) is 0 Å². The van der Waals surface area contributed by atoms with Gasteiger partial charge in [-0.3, -0.25) is 4.79 Å². The number of hydrogen-bond donors (Lipinski definition) is 1. The van der Waals surface area contributed by atoms with E-state index in [1.807, 2.05) is 13.8 Å². The van der Waals surface area contributed by atoms with Gasteiger partial charge in [-0.1, -0.05) is 12.3 Å². The van der Waals surface area contributed by atoms with Crippen LogP contribution in [0.3, 0.4) is 0 Å². The molecule has 0 aliphatic heterocycles. The van der Waals surface area contributed by atoms with Crippen LogP contribution in [0.4, 0.5) is 0 Å². The van der Waals surface area contributed by atoms with Gasteiger partial charge in [0.2, 0.25) is 0 Å². The van der Waals surface area contributed by atoms with E-state index < -0.39 is 0 Å². The van der Waals surface area contributed by atoms with Crippen molar-refractivity contribution in [3.8, 4) is 11.8 Å². The molecule has 90 valence electrons. The molecule has 1 N–H and O–H groups in total. The Balaban J connectivity index is 2.33. The zero-order valence-electron chi connectivity index (χ0n) is 10.2. The summed E-state index contributed by atoms with van der Waals surface area (Å²) in [6.45, 7) is 4.89. The molecule has 1 fully saturated rings. The maximum atomic E-state index is 11.6. The van der Waals surface area contributed by atoms with Crippen molar-refractivity contribution >= 4 is 5.97 Å². The normalized spacial score (nSPS) is 24.4. The van der Waals surface area contributed by atoms with Gasteiger partial charge in [0.15, 0.2) is 0 Å². The van der Waals surface area contributed by atoms with Crippen molar-refractivity contribution < 1.29 is 9.53 Å². The second-order valence-electron chi connectivity index (χ2n) is 4.12. The fourth-order valence-electron chi connectivity index (χ4n) is 2.13. The first-order valence-corrected chi connectivity index (χ1v) is 6.07. The quantitative estimate of drug-likeness (QED) is 0.582. The van der Waals surface area contributed by atoms with E-state index >= 15 is 0 Å². The van der Waals surface area contributed by atoms with Gasteiger partial charge in [-0.15, -0.1) is 5.92 Å². The van der Waals surface area contributed by atoms with Gasteiger partial charge in [0.05, 0.1) is 19.1 Å². The molecule has 16 heavy (non-hydrogen) atoms. The molecule has 1 aliphatic carbocycles. The molecule has 1 aliphatic rings. The minimum absolute atomic E-state index is 0.0319. The molecule has 0 heterocycles. The molecule has 0 aromatic carbocycles. The van der Waals surface area contributed by atoms with E-state index in [1.165, 1.54) is 0 Å². The van der Waals surface area contributed by atoms with Gasteiger partial charge in [-0.2, -0.15) is 0 Å². The number of hydrogen-bond acceptors (Lipinski definition) is 3. The van der Waals surface area contributed by atoms with Crippen molar-refractivity contribution in [2.24, 2.45) is 5.92 Å². The Morgan fingerprint density at radius 2 is 2.31 bits per heavy atom. The minimum Gasteiger partial charge on any atom is -0.466 e. The number of carbonyl (C=O) groups is 1. The van der Waals surface area contributed by atoms with Gasteiger partial charge in [0.1, 0.15) is 0 Å². The Morgan fingerprint density at radius 1 is 1.50 bits per heavy atom. The van der Waals surface area contributed by atoms with Crippen molar-refractivity contribution in [1.29, 1.82) is 0 Å². The third kappa shape index (κ3) is 4.24. The van der Waals surface area contributed by atoms with Gasteiger partial charge in [-0.25, -0.2) is 0 Å². The van der Waals surface area contributed by atoms with Crippen LogP contribution in [-0.2, 0) is 9.53 Å². The van der Waals surface area contributed by atoms with Crippen molar-refractivity contribution in [3.05, 3.63) is 0 Å². The van der Waals surface area contributed by atoms with Crippen LogP contribution in [0.15, 0.2) is 0 Å². The summed E-state index contributed by atoms with van der Waals surface area (Å²) in [7, 11) is 0. The van der Waals surface area contributed by atoms with Crippen LogP contribution in [0.25, 0.3) is 0 Å². The predicted molar refractivity (Wildman–Crippen MR) is 63.8 cm³/mol. The Morgan fingerprint density at radius 3 is 3.00 bits per heavy atom. The highest BCUT2D eigenvalue weighted by atomic mass is 16.5. The summed E-state index contributed by atoms with van der Waals surface area (Å²) >= 11 is 0. The second-order valence-corrected chi connectivity index (χ2v) is 4.12. The summed E-state index contributed by atoms with van der Waals surface area (Å²) in [5, 5.41) is 3.37. The molecule has 0 amide bonds. The lowest BCUT2D eigenvalue weighted by Crippen LogP contribution is -2.37. The molecule has 1 rings (SSSR count). The average molecular weight is 223 g/mol. The third-order valence-corrected chi connectivity index (χ3v) is 2.95. The lowest BCUT2D eigenvalue weighted by Gasteiger charge is -2.27. The van der Waals surface area contributed by atoms with E-state index in [-0.39, 0.29) is 11.9 Å². The monoisotopic (exact) mass is 223 g/mol. The van der Waals surface area contributed by atoms with Gasteiger partial charge in [0.25, 0.3) is 0 Å². The molecule has 0 aromatic rings. The van der Waals surface area contributed by atoms with Crippen LogP contribution in [0, 0.1) is 17.8 Å². The molecular weight excluding hydrogens is 202 g/mol. The first-order valence-electron chi connectivity index (χ1n) is 6.07. The molecule has 1 saturated carbocycles. The van der Waals surface area contributed by atoms with Gasteiger partial charge >= 0.3 is 5.97 Å². The first-order chi connectivity index (χ1) is 7.77. The number of nitrogens with one attached hydrogen (secondary N) is 1. The molecule has 2 unspecified atom stereocenters. The van der Waals surface area contributed by atoms with Crippen molar-refractivity contribution in [1.82, 2.24) is 5.32 Å². The molecule has 0 radical (unpaired) electrons. The zero-order chi connectivity index (χ0) is 11.8. The van der Waals surface area contributed by atoms with E-state index in [0.29, 0.717) is 12.6 Å². The third-order valence-electron chi connectivity index (χ3n) is 2.95. The van der Waals surface area contributed by atoms with E-state index in [1.54, 1.807) is 0 Å². The van der Waals surface area contributed by atoms with Gasteiger partial charge < -0.3 is 10.1 Å². The molecule has 0 aromatic heterocycles. The van der Waals surface area contributed by atoms with Crippen molar-refractivity contribution in [2.45, 2.75) is 45.6 Å². The molecule has 0 saturated heterocycles. The van der Waals surface area contributed by atoms with Crippen molar-refractivity contribution in [2.75, 3.05) is 13.2 Å². The molecule has 3 heteroatoms. The van der Waals surface area contributed by atoms with E-state index in [4.69, 9.17) is 4.74 Å². The van der Waals surface area contributed by atoms with Crippen LogP contribution < -0.4 is 5.32 Å². The minimum atomic E-state index is -0.0319. The lowest BCUT2D eigenvalue weighted by molar-refractivity contribution is -0.149. The largest absolute Gasteiger partial charge is 0.466 e.